The first kappa shape index (κ1) is 15.9. The van der Waals surface area contributed by atoms with Gasteiger partial charge in [-0.3, -0.25) is 4.79 Å². The van der Waals surface area contributed by atoms with Crippen molar-refractivity contribution in [3.63, 3.8) is 0 Å². The average Bonchev–Trinajstić information content (AvgIpc) is 2.63. The lowest BCUT2D eigenvalue weighted by molar-refractivity contribution is 0.0598. The molecule has 126 valence electrons. The summed E-state index contributed by atoms with van der Waals surface area (Å²) in [6, 6.07) is 22.0. The zero-order valence-corrected chi connectivity index (χ0v) is 14.5. The minimum absolute atomic E-state index is 0.161. The SMILES string of the molecule is CN(C)CC1C(=O)c2ccccc2OC1c1cccc2ccccc12. The van der Waals surface area contributed by atoms with Crippen LogP contribution in [-0.2, 0) is 0 Å². The van der Waals surface area contributed by atoms with Gasteiger partial charge in [-0.15, -0.1) is 0 Å². The first-order valence-corrected chi connectivity index (χ1v) is 8.57. The molecule has 0 aliphatic carbocycles. The third-order valence-electron chi connectivity index (χ3n) is 4.80. The molecule has 3 nitrogen and oxygen atoms in total. The molecule has 1 heterocycles. The number of fused-ring (bicyclic) bond motifs is 2. The molecule has 3 heteroatoms. The van der Waals surface area contributed by atoms with E-state index in [-0.39, 0.29) is 17.8 Å². The lowest BCUT2D eigenvalue weighted by Gasteiger charge is -2.34. The summed E-state index contributed by atoms with van der Waals surface area (Å²) in [5, 5.41) is 2.31. The second kappa shape index (κ2) is 6.34. The van der Waals surface area contributed by atoms with Gasteiger partial charge >= 0.3 is 0 Å². The number of ether oxygens (including phenoxy) is 1. The van der Waals surface area contributed by atoms with Gasteiger partial charge in [0.1, 0.15) is 11.9 Å². The Morgan fingerprint density at radius 3 is 2.48 bits per heavy atom. The zero-order chi connectivity index (χ0) is 17.4. The molecule has 4 rings (SSSR count). The second-order valence-electron chi connectivity index (χ2n) is 6.84. The maximum atomic E-state index is 13.2. The van der Waals surface area contributed by atoms with Crippen LogP contribution in [0.3, 0.4) is 0 Å². The van der Waals surface area contributed by atoms with Gasteiger partial charge in [0, 0.05) is 12.1 Å². The van der Waals surface area contributed by atoms with Gasteiger partial charge in [-0.05, 0) is 37.0 Å². The maximum absolute atomic E-state index is 13.2. The zero-order valence-electron chi connectivity index (χ0n) is 14.5. The molecule has 0 saturated carbocycles. The second-order valence-corrected chi connectivity index (χ2v) is 6.84. The van der Waals surface area contributed by atoms with E-state index in [1.807, 2.05) is 56.6 Å². The minimum Gasteiger partial charge on any atom is -0.484 e. The molecule has 0 N–H and O–H groups in total. The van der Waals surface area contributed by atoms with Crippen LogP contribution >= 0.6 is 0 Å². The molecule has 2 unspecified atom stereocenters. The Balaban J connectivity index is 1.87. The van der Waals surface area contributed by atoms with Crippen molar-refractivity contribution in [3.8, 4) is 5.75 Å². The average molecular weight is 331 g/mol. The number of hydrogen-bond donors (Lipinski definition) is 0. The van der Waals surface area contributed by atoms with Crippen LogP contribution in [-0.4, -0.2) is 31.3 Å². The van der Waals surface area contributed by atoms with Crippen LogP contribution in [0.4, 0.5) is 0 Å². The summed E-state index contributed by atoms with van der Waals surface area (Å²) >= 11 is 0. The largest absolute Gasteiger partial charge is 0.484 e. The fourth-order valence-electron chi connectivity index (χ4n) is 3.68. The van der Waals surface area contributed by atoms with Gasteiger partial charge in [0.05, 0.1) is 11.5 Å². The standard InChI is InChI=1S/C22H21NO2/c1-23(2)14-19-21(24)18-11-5-6-13-20(18)25-22(19)17-12-7-9-15-8-3-4-10-16(15)17/h3-13,19,22H,14H2,1-2H3. The van der Waals surface area contributed by atoms with E-state index in [0.29, 0.717) is 17.9 Å². The molecule has 0 amide bonds. The van der Waals surface area contributed by atoms with E-state index in [4.69, 9.17) is 4.74 Å². The van der Waals surface area contributed by atoms with Crippen molar-refractivity contribution in [2.24, 2.45) is 5.92 Å². The van der Waals surface area contributed by atoms with Crippen molar-refractivity contribution in [2.45, 2.75) is 6.10 Å². The van der Waals surface area contributed by atoms with Gasteiger partial charge in [-0.1, -0.05) is 54.6 Å². The fraction of sp³-hybridized carbons (Fsp3) is 0.227. The molecule has 25 heavy (non-hydrogen) atoms. The van der Waals surface area contributed by atoms with E-state index < -0.39 is 0 Å². The number of Topliss-reactive ketones (excluding diaryl/α,β-unsaturated/α-hetero) is 1. The monoisotopic (exact) mass is 331 g/mol. The number of benzene rings is 3. The molecular weight excluding hydrogens is 310 g/mol. The van der Waals surface area contributed by atoms with Gasteiger partial charge in [0.25, 0.3) is 0 Å². The Bertz CT molecular complexity index is 927. The summed E-state index contributed by atoms with van der Waals surface area (Å²) in [7, 11) is 3.99. The molecule has 0 aromatic heterocycles. The molecule has 0 fully saturated rings. The molecule has 3 aromatic rings. The van der Waals surface area contributed by atoms with Crippen LogP contribution in [0, 0.1) is 5.92 Å². The summed E-state index contributed by atoms with van der Waals surface area (Å²) < 4.78 is 6.36. The van der Waals surface area contributed by atoms with Crippen LogP contribution in [0.25, 0.3) is 10.8 Å². The third-order valence-corrected chi connectivity index (χ3v) is 4.80. The van der Waals surface area contributed by atoms with Crippen LogP contribution in [0.5, 0.6) is 5.75 Å². The van der Waals surface area contributed by atoms with Crippen molar-refractivity contribution in [3.05, 3.63) is 77.9 Å². The molecule has 2 atom stereocenters. The number of rotatable bonds is 3. The van der Waals surface area contributed by atoms with Gasteiger partial charge in [0.15, 0.2) is 5.78 Å². The molecule has 3 aromatic carbocycles. The van der Waals surface area contributed by atoms with Crippen LogP contribution < -0.4 is 4.74 Å². The highest BCUT2D eigenvalue weighted by Gasteiger charge is 2.38. The van der Waals surface area contributed by atoms with Gasteiger partial charge in [-0.2, -0.15) is 0 Å². The Kier molecular flexibility index (Phi) is 4.02. The predicted molar refractivity (Wildman–Crippen MR) is 100 cm³/mol. The molecule has 0 spiro atoms. The maximum Gasteiger partial charge on any atom is 0.175 e. The van der Waals surface area contributed by atoms with Crippen LogP contribution in [0.15, 0.2) is 66.7 Å². The van der Waals surface area contributed by atoms with Gasteiger partial charge < -0.3 is 9.64 Å². The number of carbonyl (C=O) groups excluding carboxylic acids is 1. The van der Waals surface area contributed by atoms with E-state index in [1.54, 1.807) is 0 Å². The van der Waals surface area contributed by atoms with Crippen molar-refractivity contribution in [1.82, 2.24) is 4.90 Å². The summed E-state index contributed by atoms with van der Waals surface area (Å²) in [5.74, 6) is 0.615. The Hall–Kier alpha value is -2.65. The first-order chi connectivity index (χ1) is 12.1. The van der Waals surface area contributed by atoms with Crippen molar-refractivity contribution >= 4 is 16.6 Å². The number of nitrogens with zero attached hydrogens (tertiary/aromatic N) is 1. The van der Waals surface area contributed by atoms with E-state index >= 15 is 0 Å². The normalized spacial score (nSPS) is 19.7. The highest BCUT2D eigenvalue weighted by Crippen LogP contribution is 2.40. The summed E-state index contributed by atoms with van der Waals surface area (Å²) in [6.07, 6.45) is -0.282. The van der Waals surface area contributed by atoms with E-state index in [0.717, 1.165) is 10.9 Å². The number of para-hydroxylation sites is 1. The van der Waals surface area contributed by atoms with Crippen molar-refractivity contribution < 1.29 is 9.53 Å². The smallest absolute Gasteiger partial charge is 0.175 e. The Morgan fingerprint density at radius 2 is 1.64 bits per heavy atom. The Morgan fingerprint density at radius 1 is 0.920 bits per heavy atom. The topological polar surface area (TPSA) is 29.5 Å². The van der Waals surface area contributed by atoms with Crippen molar-refractivity contribution in [2.75, 3.05) is 20.6 Å². The van der Waals surface area contributed by atoms with E-state index in [2.05, 4.69) is 29.2 Å². The first-order valence-electron chi connectivity index (χ1n) is 8.57. The predicted octanol–water partition coefficient (Wildman–Crippen LogP) is 4.33. The van der Waals surface area contributed by atoms with Gasteiger partial charge in [0.2, 0.25) is 0 Å². The van der Waals surface area contributed by atoms with Crippen LogP contribution in [0.1, 0.15) is 22.0 Å². The number of ketones is 1. The summed E-state index contributed by atoms with van der Waals surface area (Å²) in [4.78, 5) is 15.2. The van der Waals surface area contributed by atoms with E-state index in [9.17, 15) is 4.79 Å². The molecular formula is C22H21NO2. The fourth-order valence-corrected chi connectivity index (χ4v) is 3.68. The molecule has 0 saturated heterocycles. The number of hydrogen-bond acceptors (Lipinski definition) is 3. The molecule has 0 radical (unpaired) electrons. The lowest BCUT2D eigenvalue weighted by atomic mass is 9.84. The van der Waals surface area contributed by atoms with Gasteiger partial charge in [-0.25, -0.2) is 0 Å². The highest BCUT2D eigenvalue weighted by molar-refractivity contribution is 6.02. The Labute approximate surface area is 147 Å². The van der Waals surface area contributed by atoms with E-state index in [1.165, 1.54) is 5.39 Å². The minimum atomic E-state index is -0.282. The molecule has 1 aliphatic heterocycles. The van der Waals surface area contributed by atoms with Crippen molar-refractivity contribution in [1.29, 1.82) is 0 Å². The highest BCUT2D eigenvalue weighted by atomic mass is 16.5. The molecule has 0 bridgehead atoms. The van der Waals surface area contributed by atoms with Crippen LogP contribution in [0.2, 0.25) is 0 Å². The third kappa shape index (κ3) is 2.81. The lowest BCUT2D eigenvalue weighted by Crippen LogP contribution is -2.38. The molecule has 1 aliphatic rings. The summed E-state index contributed by atoms with van der Waals surface area (Å²) in [6.45, 7) is 0.654. The summed E-state index contributed by atoms with van der Waals surface area (Å²) in [5.41, 5.74) is 1.76. The number of carbonyl (C=O) groups is 1. The quantitative estimate of drug-likeness (QED) is 0.715.